The van der Waals surface area contributed by atoms with Gasteiger partial charge in [0.2, 0.25) is 0 Å². The Hall–Kier alpha value is -1.73. The van der Waals surface area contributed by atoms with Crippen molar-refractivity contribution in [2.45, 2.75) is 63.1 Å². The molecule has 44 heavy (non-hydrogen) atoms. The van der Waals surface area contributed by atoms with Crippen LogP contribution in [0.3, 0.4) is 0 Å². The van der Waals surface area contributed by atoms with Crippen molar-refractivity contribution in [1.82, 2.24) is 0 Å². The van der Waals surface area contributed by atoms with Gasteiger partial charge in [0.05, 0.1) is 0 Å². The van der Waals surface area contributed by atoms with E-state index in [1.807, 2.05) is 30.3 Å². The number of alkyl halides is 2. The molecule has 0 aromatic heterocycles. The van der Waals surface area contributed by atoms with Crippen molar-refractivity contribution in [3.05, 3.63) is 159 Å². The van der Waals surface area contributed by atoms with Gasteiger partial charge >= 0.3 is 26.2 Å². The van der Waals surface area contributed by atoms with Crippen LogP contribution in [0.4, 0.5) is 0 Å². The molecule has 0 saturated carbocycles. The summed E-state index contributed by atoms with van der Waals surface area (Å²) < 4.78 is -1.10. The number of fused-ring (bicyclic) bond motifs is 3. The van der Waals surface area contributed by atoms with Crippen molar-refractivity contribution in [1.29, 1.82) is 0 Å². The van der Waals surface area contributed by atoms with Crippen LogP contribution in [0.5, 0.6) is 0 Å². The minimum Gasteiger partial charge on any atom is -0.214 e. The van der Waals surface area contributed by atoms with E-state index in [4.69, 9.17) is 46.4 Å². The number of hydrogen-bond acceptors (Lipinski definition) is 0. The first kappa shape index (κ1) is 36.7. The molecule has 5 aromatic carbocycles. The minimum absolute atomic E-state index is 0. The molecule has 0 heterocycles. The van der Waals surface area contributed by atoms with Crippen molar-refractivity contribution in [2.75, 3.05) is 0 Å². The first-order valence-corrected chi connectivity index (χ1v) is 15.9. The molecule has 5 heteroatoms. The molecular formula is C39H38Cl4Zr. The Labute approximate surface area is 303 Å². The zero-order chi connectivity index (χ0) is 31.4. The molecule has 1 aliphatic rings. The Morgan fingerprint density at radius 1 is 0.614 bits per heavy atom. The summed E-state index contributed by atoms with van der Waals surface area (Å²) in [5.74, 6) is 0. The smallest absolute Gasteiger partial charge is 0.214 e. The van der Waals surface area contributed by atoms with Gasteiger partial charge in [0.25, 0.3) is 0 Å². The van der Waals surface area contributed by atoms with Gasteiger partial charge in [0, 0.05) is 10.0 Å². The molecule has 0 atom stereocenters. The molecule has 0 saturated heterocycles. The predicted octanol–water partition coefficient (Wildman–Crippen LogP) is 12.7. The van der Waals surface area contributed by atoms with Crippen LogP contribution in [-0.4, -0.2) is 0 Å². The van der Waals surface area contributed by atoms with E-state index in [1.54, 1.807) is 48.5 Å². The quantitative estimate of drug-likeness (QED) is 0.123. The second kappa shape index (κ2) is 15.2. The van der Waals surface area contributed by atoms with Crippen LogP contribution < -0.4 is 0 Å². The molecule has 0 unspecified atom stereocenters. The van der Waals surface area contributed by atoms with Crippen molar-refractivity contribution in [3.63, 3.8) is 0 Å². The molecule has 0 amide bonds. The maximum atomic E-state index is 6.37. The maximum Gasteiger partial charge on any atom is 2.00 e. The van der Waals surface area contributed by atoms with Gasteiger partial charge in [-0.1, -0.05) is 147 Å². The zero-order valence-corrected chi connectivity index (χ0v) is 31.6. The molecule has 0 bridgehead atoms. The third-order valence-electron chi connectivity index (χ3n) is 7.50. The van der Waals surface area contributed by atoms with Crippen LogP contribution in [0.15, 0.2) is 109 Å². The van der Waals surface area contributed by atoms with Gasteiger partial charge in [-0.05, 0) is 52.8 Å². The van der Waals surface area contributed by atoms with Crippen LogP contribution in [0, 0.1) is 6.07 Å². The van der Waals surface area contributed by atoms with E-state index in [0.29, 0.717) is 10.0 Å². The average Bonchev–Trinajstić information content (AvgIpc) is 3.64. The first-order chi connectivity index (χ1) is 20.2. The summed E-state index contributed by atoms with van der Waals surface area (Å²) in [5, 5.41) is 1.29. The van der Waals surface area contributed by atoms with Crippen LogP contribution >= 0.6 is 46.4 Å². The minimum atomic E-state index is -1.10. The Bertz CT molecular complexity index is 1490. The number of hydrogen-bond donors (Lipinski definition) is 0. The summed E-state index contributed by atoms with van der Waals surface area (Å²) >= 11 is 24.4. The molecule has 5 aromatic rings. The number of halogens is 4. The number of rotatable bonds is 2. The van der Waals surface area contributed by atoms with Crippen LogP contribution in [-0.2, 0) is 47.8 Å². The Kier molecular flexibility index (Phi) is 12.7. The summed E-state index contributed by atoms with van der Waals surface area (Å²) in [7, 11) is 0. The fourth-order valence-electron chi connectivity index (χ4n) is 4.79. The SMILES string of the molecule is CC(C)(C)c1c[c-]c2c(c1)-c1cc(C(C)(C)C)ccc1C2.Clc1ccc(C(Cl)(Cl)c2ccc(Cl)cc2)cc1.[Zr+2].c1cc[cH-]c1. The van der Waals surface area contributed by atoms with E-state index in [2.05, 4.69) is 77.9 Å². The van der Waals surface area contributed by atoms with Gasteiger partial charge in [-0.2, -0.15) is 47.5 Å². The Morgan fingerprint density at radius 2 is 1.07 bits per heavy atom. The molecule has 0 spiro atoms. The summed E-state index contributed by atoms with van der Waals surface area (Å²) in [6.07, 6.45) is 1.03. The maximum absolute atomic E-state index is 6.37. The molecule has 226 valence electrons. The Morgan fingerprint density at radius 3 is 1.50 bits per heavy atom. The molecular weight excluding hydrogens is 701 g/mol. The molecule has 0 nitrogen and oxygen atoms in total. The normalized spacial score (nSPS) is 12.0. The Balaban J connectivity index is 0.000000206. The fraction of sp³-hybridized carbons (Fsp3) is 0.256. The van der Waals surface area contributed by atoms with E-state index in [1.165, 1.54) is 33.4 Å². The summed E-state index contributed by atoms with van der Waals surface area (Å²) in [6, 6.07) is 39.3. The van der Waals surface area contributed by atoms with Crippen molar-refractivity contribution in [2.24, 2.45) is 0 Å². The van der Waals surface area contributed by atoms with Crippen molar-refractivity contribution in [3.8, 4) is 11.1 Å². The monoisotopic (exact) mass is 736 g/mol. The van der Waals surface area contributed by atoms with E-state index in [-0.39, 0.29) is 37.0 Å². The third kappa shape index (κ3) is 9.40. The van der Waals surface area contributed by atoms with Gasteiger partial charge in [-0.3, -0.25) is 0 Å². The summed E-state index contributed by atoms with van der Waals surface area (Å²) in [4.78, 5) is 0. The molecule has 1 aliphatic carbocycles. The van der Waals surface area contributed by atoms with Gasteiger partial charge < -0.3 is 0 Å². The van der Waals surface area contributed by atoms with Crippen LogP contribution in [0.1, 0.15) is 74.9 Å². The second-order valence-electron chi connectivity index (χ2n) is 12.9. The van der Waals surface area contributed by atoms with Crippen molar-refractivity contribution < 1.29 is 26.2 Å². The average molecular weight is 740 g/mol. The van der Waals surface area contributed by atoms with Crippen LogP contribution in [0.25, 0.3) is 11.1 Å². The largest absolute Gasteiger partial charge is 2.00 e. The second-order valence-corrected chi connectivity index (χ2v) is 15.1. The van der Waals surface area contributed by atoms with E-state index in [0.717, 1.165) is 17.5 Å². The predicted molar refractivity (Wildman–Crippen MR) is 188 cm³/mol. The first-order valence-electron chi connectivity index (χ1n) is 14.4. The standard InChI is InChI=1S/C21H25.C13H8Cl4.C5H5.Zr/c1-20(2,3)16-9-7-14-11-15-8-10-17(21(4,5)6)13-19(15)18(14)12-16;14-11-5-1-9(2-6-11)13(16,17)10-3-7-12(15)8-4-10;1-2-4-5-3-1;/h7,9-10,12-13H,11H2,1-6H3;1-8H;1-5H;/q-1;;-1;+2. The third-order valence-corrected chi connectivity index (χ3v) is 8.87. The van der Waals surface area contributed by atoms with Crippen LogP contribution in [0.2, 0.25) is 10.0 Å². The summed E-state index contributed by atoms with van der Waals surface area (Å²) in [6.45, 7) is 13.6. The van der Waals surface area contributed by atoms with E-state index >= 15 is 0 Å². The van der Waals surface area contributed by atoms with Crippen molar-refractivity contribution >= 4 is 46.4 Å². The molecule has 6 rings (SSSR count). The molecule has 0 fully saturated rings. The van der Waals surface area contributed by atoms with Gasteiger partial charge in [-0.25, -0.2) is 12.1 Å². The van der Waals surface area contributed by atoms with Gasteiger partial charge in [0.1, 0.15) is 0 Å². The number of benzene rings is 4. The zero-order valence-electron chi connectivity index (χ0n) is 26.1. The van der Waals surface area contributed by atoms with E-state index in [9.17, 15) is 0 Å². The van der Waals surface area contributed by atoms with Gasteiger partial charge in [0.15, 0.2) is 4.33 Å². The summed E-state index contributed by atoms with van der Waals surface area (Å²) in [5.41, 5.74) is 10.3. The topological polar surface area (TPSA) is 0 Å². The van der Waals surface area contributed by atoms with E-state index < -0.39 is 4.33 Å². The van der Waals surface area contributed by atoms with Gasteiger partial charge in [-0.15, -0.1) is 5.56 Å². The fourth-order valence-corrected chi connectivity index (χ4v) is 5.55. The molecule has 0 aliphatic heterocycles. The molecule has 0 N–H and O–H groups in total. The molecule has 0 radical (unpaired) electrons.